The summed E-state index contributed by atoms with van der Waals surface area (Å²) >= 11 is 0. The van der Waals surface area contributed by atoms with Crippen LogP contribution in [0.1, 0.15) is 27.9 Å². The van der Waals surface area contributed by atoms with Crippen LogP contribution in [0.15, 0.2) is 84.9 Å². The van der Waals surface area contributed by atoms with Gasteiger partial charge in [-0.3, -0.25) is 4.68 Å². The molecule has 5 atom stereocenters. The van der Waals surface area contributed by atoms with Crippen molar-refractivity contribution < 1.29 is 52.5 Å². The van der Waals surface area contributed by atoms with Crippen LogP contribution in [0, 0.1) is 0 Å². The summed E-state index contributed by atoms with van der Waals surface area (Å²) < 4.78 is 67.8. The molecule has 1 aliphatic heterocycles. The van der Waals surface area contributed by atoms with E-state index < -0.39 is 55.1 Å². The van der Waals surface area contributed by atoms with Gasteiger partial charge in [-0.1, -0.05) is 78.9 Å². The minimum absolute atomic E-state index is 0.116. The van der Waals surface area contributed by atoms with Gasteiger partial charge in [-0.15, -0.1) is 5.10 Å². The quantitative estimate of drug-likeness (QED) is 0.161. The monoisotopic (exact) mass is 644 g/mol. The van der Waals surface area contributed by atoms with E-state index in [0.29, 0.717) is 11.3 Å². The van der Waals surface area contributed by atoms with Gasteiger partial charge in [-0.05, 0) is 22.8 Å². The predicted octanol–water partition coefficient (Wildman–Crippen LogP) is 3.47. The van der Waals surface area contributed by atoms with Crippen LogP contribution in [-0.4, -0.2) is 74.1 Å². The van der Waals surface area contributed by atoms with Crippen LogP contribution in [0.5, 0.6) is 11.6 Å². The average molecular weight is 645 g/mol. The second-order valence-corrected chi connectivity index (χ2v) is 10.8. The van der Waals surface area contributed by atoms with Crippen molar-refractivity contribution in [2.24, 2.45) is 0 Å². The van der Waals surface area contributed by atoms with Gasteiger partial charge in [0.1, 0.15) is 42.5 Å². The van der Waals surface area contributed by atoms with Crippen LogP contribution in [-0.2, 0) is 41.8 Å². The summed E-state index contributed by atoms with van der Waals surface area (Å²) in [5.74, 6) is -0.171. The molecule has 0 aliphatic carbocycles. The van der Waals surface area contributed by atoms with E-state index in [1.807, 2.05) is 60.7 Å². The van der Waals surface area contributed by atoms with Crippen LogP contribution >= 0.6 is 0 Å². The molecule has 4 N–H and O–H groups in total. The zero-order chi connectivity index (χ0) is 32.7. The zero-order valence-electron chi connectivity index (χ0n) is 24.7. The van der Waals surface area contributed by atoms with Crippen molar-refractivity contribution in [3.8, 4) is 11.6 Å². The number of hydrogen-bond acceptors (Lipinski definition) is 9. The molecule has 46 heavy (non-hydrogen) atoms. The smallest absolute Gasteiger partial charge is 0.433 e. The number of benzene rings is 3. The molecular weight excluding hydrogens is 609 g/mol. The van der Waals surface area contributed by atoms with Gasteiger partial charge in [-0.2, -0.15) is 13.2 Å². The van der Waals surface area contributed by atoms with Gasteiger partial charge in [0.05, 0.1) is 31.9 Å². The Bertz CT molecular complexity index is 1540. The Balaban J connectivity index is 1.46. The molecule has 13 heteroatoms. The summed E-state index contributed by atoms with van der Waals surface area (Å²) in [6, 6.07) is 25.1. The largest absolute Gasteiger partial charge is 0.489 e. The lowest BCUT2D eigenvalue weighted by Gasteiger charge is -2.39. The Kier molecular flexibility index (Phi) is 10.9. The van der Waals surface area contributed by atoms with Crippen LogP contribution in [0.2, 0.25) is 0 Å². The number of hydrogen-bond donors (Lipinski definition) is 4. The van der Waals surface area contributed by atoms with E-state index >= 15 is 0 Å². The maximum Gasteiger partial charge on any atom is 0.433 e. The fraction of sp³-hybridized carbons (Fsp3) is 0.364. The van der Waals surface area contributed by atoms with Crippen LogP contribution < -0.4 is 9.47 Å². The van der Waals surface area contributed by atoms with Crippen molar-refractivity contribution in [1.82, 2.24) is 9.78 Å². The first-order valence-corrected chi connectivity index (χ1v) is 14.7. The second kappa shape index (κ2) is 15.1. The molecule has 5 rings (SSSR count). The van der Waals surface area contributed by atoms with Crippen LogP contribution in [0.3, 0.4) is 0 Å². The first-order valence-electron chi connectivity index (χ1n) is 14.7. The molecule has 1 aliphatic rings. The predicted molar refractivity (Wildman–Crippen MR) is 158 cm³/mol. The minimum atomic E-state index is -4.89. The Labute approximate surface area is 263 Å². The lowest BCUT2D eigenvalue weighted by Crippen LogP contribution is -2.60. The lowest BCUT2D eigenvalue weighted by molar-refractivity contribution is -0.278. The normalized spacial score (nSPS) is 21.7. The molecule has 3 aromatic carbocycles. The Morgan fingerprint density at radius 3 is 2.09 bits per heavy atom. The third-order valence-electron chi connectivity index (χ3n) is 7.49. The molecule has 1 aromatic heterocycles. The van der Waals surface area contributed by atoms with Crippen molar-refractivity contribution in [2.75, 3.05) is 13.2 Å². The van der Waals surface area contributed by atoms with Gasteiger partial charge >= 0.3 is 6.18 Å². The van der Waals surface area contributed by atoms with Crippen molar-refractivity contribution in [1.29, 1.82) is 0 Å². The Morgan fingerprint density at radius 1 is 0.804 bits per heavy atom. The molecule has 0 saturated carbocycles. The first-order chi connectivity index (χ1) is 22.2. The van der Waals surface area contributed by atoms with Crippen molar-refractivity contribution >= 4 is 0 Å². The van der Waals surface area contributed by atoms with E-state index in [-0.39, 0.29) is 38.3 Å². The molecule has 1 fully saturated rings. The van der Waals surface area contributed by atoms with Gasteiger partial charge in [0, 0.05) is 6.42 Å². The lowest BCUT2D eigenvalue weighted by atomic mass is 9.99. The number of aliphatic hydroxyl groups is 4. The maximum atomic E-state index is 14.8. The fourth-order valence-electron chi connectivity index (χ4n) is 5.12. The average Bonchev–Trinajstić information content (AvgIpc) is 3.40. The highest BCUT2D eigenvalue weighted by Crippen LogP contribution is 2.39. The zero-order valence-corrected chi connectivity index (χ0v) is 24.7. The Hall–Kier alpha value is -3.98. The van der Waals surface area contributed by atoms with Gasteiger partial charge in [0.25, 0.3) is 0 Å². The molecule has 2 heterocycles. The van der Waals surface area contributed by atoms with Gasteiger partial charge in [0.2, 0.25) is 12.2 Å². The van der Waals surface area contributed by atoms with E-state index in [0.717, 1.165) is 15.8 Å². The summed E-state index contributed by atoms with van der Waals surface area (Å²) in [4.78, 5) is 0. The fourth-order valence-corrected chi connectivity index (χ4v) is 5.12. The summed E-state index contributed by atoms with van der Waals surface area (Å²) in [7, 11) is 0. The number of halogens is 3. The topological polar surface area (TPSA) is 136 Å². The first kappa shape index (κ1) is 33.4. The van der Waals surface area contributed by atoms with Gasteiger partial charge < -0.3 is 39.4 Å². The molecule has 0 unspecified atom stereocenters. The number of ether oxygens (including phenoxy) is 4. The molecule has 0 amide bonds. The van der Waals surface area contributed by atoms with Crippen LogP contribution in [0.4, 0.5) is 13.2 Å². The molecule has 4 aromatic rings. The highest BCUT2D eigenvalue weighted by atomic mass is 19.4. The van der Waals surface area contributed by atoms with E-state index in [4.69, 9.17) is 18.9 Å². The molecule has 0 spiro atoms. The Morgan fingerprint density at radius 2 is 1.43 bits per heavy atom. The van der Waals surface area contributed by atoms with Crippen LogP contribution in [0.25, 0.3) is 0 Å². The SMILES string of the molecule is OC[C@H]1O[C@@H](Oc2nn(CCOCc3ccccc3)c(C(F)(F)F)c2Cc2ccccc2OCc2ccccc2)[C@H](O)[C@@H](O)[C@@H]1O. The number of aliphatic hydroxyl groups excluding tert-OH is 4. The van der Waals surface area contributed by atoms with Gasteiger partial charge in [-0.25, -0.2) is 0 Å². The van der Waals surface area contributed by atoms with E-state index in [1.165, 1.54) is 0 Å². The molecule has 0 radical (unpaired) electrons. The third-order valence-corrected chi connectivity index (χ3v) is 7.49. The van der Waals surface area contributed by atoms with E-state index in [1.54, 1.807) is 24.3 Å². The number of aromatic nitrogens is 2. The number of alkyl halides is 3. The highest BCUT2D eigenvalue weighted by Gasteiger charge is 2.46. The maximum absolute atomic E-state index is 14.8. The van der Waals surface area contributed by atoms with Crippen molar-refractivity contribution in [2.45, 2.75) is 63.1 Å². The third kappa shape index (κ3) is 8.05. The molecular formula is C33H35F3N2O8. The summed E-state index contributed by atoms with van der Waals surface area (Å²) in [5, 5.41) is 44.7. The summed E-state index contributed by atoms with van der Waals surface area (Å²) in [6.07, 6.45) is -13.7. The van der Waals surface area contributed by atoms with Gasteiger partial charge in [0.15, 0.2) is 0 Å². The second-order valence-electron chi connectivity index (χ2n) is 10.8. The molecule has 1 saturated heterocycles. The minimum Gasteiger partial charge on any atom is -0.489 e. The number of rotatable bonds is 13. The molecule has 0 bridgehead atoms. The number of nitrogens with zero attached hydrogens (tertiary/aromatic N) is 2. The van der Waals surface area contributed by atoms with E-state index in [2.05, 4.69) is 5.10 Å². The summed E-state index contributed by atoms with van der Waals surface area (Å²) in [6.45, 7) is -0.800. The summed E-state index contributed by atoms with van der Waals surface area (Å²) in [5.41, 5.74) is 0.640. The highest BCUT2D eigenvalue weighted by molar-refractivity contribution is 5.43. The van der Waals surface area contributed by atoms with Crippen molar-refractivity contribution in [3.63, 3.8) is 0 Å². The standard InChI is InChI=1S/C33H35F3N2O8/c34-33(35,36)30-24(17-23-13-7-8-14-25(23)44-20-22-11-5-2-6-12-22)31(46-32-29(42)28(41)27(40)26(18-39)45-32)37-38(30)15-16-43-19-21-9-3-1-4-10-21/h1-14,26-29,32,39-42H,15-20H2/t26-,27-,28+,29-,32+/m1/s1. The van der Waals surface area contributed by atoms with Crippen molar-refractivity contribution in [3.05, 3.63) is 113 Å². The van der Waals surface area contributed by atoms with E-state index in [9.17, 15) is 33.6 Å². The number of para-hydroxylation sites is 1. The molecule has 246 valence electrons. The molecule has 10 nitrogen and oxygen atoms in total.